The van der Waals surface area contributed by atoms with Crippen molar-refractivity contribution in [3.63, 3.8) is 0 Å². The summed E-state index contributed by atoms with van der Waals surface area (Å²) in [6.07, 6.45) is 2.79. The molecule has 2 rings (SSSR count). The number of amides is 2. The first-order valence-electron chi connectivity index (χ1n) is 9.79. The van der Waals surface area contributed by atoms with Gasteiger partial charge in [0.25, 0.3) is 0 Å². The van der Waals surface area contributed by atoms with E-state index in [0.29, 0.717) is 23.7 Å². The molecule has 2 amide bonds. The number of rotatable bonds is 8. The monoisotopic (exact) mass is 409 g/mol. The van der Waals surface area contributed by atoms with E-state index < -0.39 is 0 Å². The largest absolute Gasteiger partial charge is 0.462 e. The summed E-state index contributed by atoms with van der Waals surface area (Å²) in [4.78, 5) is 40.0. The van der Waals surface area contributed by atoms with Gasteiger partial charge in [-0.15, -0.1) is 11.3 Å². The predicted octanol–water partition coefficient (Wildman–Crippen LogP) is 2.59. The molecule has 0 aliphatic heterocycles. The van der Waals surface area contributed by atoms with Gasteiger partial charge in [0.05, 0.1) is 25.3 Å². The lowest BCUT2D eigenvalue weighted by Crippen LogP contribution is -2.47. The molecule has 1 heterocycles. The van der Waals surface area contributed by atoms with E-state index in [0.717, 1.165) is 29.7 Å². The van der Waals surface area contributed by atoms with Gasteiger partial charge in [0.15, 0.2) is 0 Å². The number of carbonyl (C=O) groups is 3. The molecule has 28 heavy (non-hydrogen) atoms. The lowest BCUT2D eigenvalue weighted by molar-refractivity contribution is -0.124. The molecule has 7 nitrogen and oxygen atoms in total. The lowest BCUT2D eigenvalue weighted by Gasteiger charge is -2.24. The van der Waals surface area contributed by atoms with Crippen LogP contribution in [0.25, 0.3) is 0 Å². The number of ether oxygens (including phenoxy) is 1. The second-order valence-corrected chi connectivity index (χ2v) is 9.04. The van der Waals surface area contributed by atoms with Crippen LogP contribution in [-0.4, -0.2) is 54.5 Å². The second kappa shape index (κ2) is 9.52. The van der Waals surface area contributed by atoms with Crippen LogP contribution < -0.4 is 10.6 Å². The number of thiophene rings is 1. The molecule has 1 aromatic heterocycles. The number of hydrogen-bond donors (Lipinski definition) is 2. The summed E-state index contributed by atoms with van der Waals surface area (Å²) in [5.41, 5.74) is 1.20. The van der Waals surface area contributed by atoms with E-state index in [2.05, 4.69) is 10.6 Å². The average molecular weight is 410 g/mol. The van der Waals surface area contributed by atoms with Crippen molar-refractivity contribution in [2.45, 2.75) is 59.4 Å². The first-order valence-corrected chi connectivity index (χ1v) is 10.6. The molecule has 0 bridgehead atoms. The standard InChI is InChI=1S/C20H31N3O4S/c1-6-23(12-16(25)22-20(3,4)5)11-15(24)21-18-17(19(26)27-7-2)13-9-8-10-14(13)28-18/h6-12H2,1-5H3,(H,21,24)(H,22,25). The summed E-state index contributed by atoms with van der Waals surface area (Å²) in [6, 6.07) is 0. The molecule has 156 valence electrons. The summed E-state index contributed by atoms with van der Waals surface area (Å²) < 4.78 is 5.19. The molecule has 0 saturated carbocycles. The first-order chi connectivity index (χ1) is 13.1. The number of aryl methyl sites for hydroxylation is 1. The Morgan fingerprint density at radius 3 is 2.39 bits per heavy atom. The maximum absolute atomic E-state index is 12.6. The minimum Gasteiger partial charge on any atom is -0.462 e. The van der Waals surface area contributed by atoms with Gasteiger partial charge in [0, 0.05) is 10.4 Å². The Balaban J connectivity index is 2.04. The van der Waals surface area contributed by atoms with Crippen LogP contribution in [-0.2, 0) is 27.2 Å². The van der Waals surface area contributed by atoms with E-state index in [-0.39, 0.29) is 36.4 Å². The number of fused-ring (bicyclic) bond motifs is 1. The summed E-state index contributed by atoms with van der Waals surface area (Å²) in [6.45, 7) is 10.5. The highest BCUT2D eigenvalue weighted by Crippen LogP contribution is 2.39. The van der Waals surface area contributed by atoms with Crippen LogP contribution >= 0.6 is 11.3 Å². The van der Waals surface area contributed by atoms with Gasteiger partial charge in [-0.3, -0.25) is 14.5 Å². The predicted molar refractivity (Wildman–Crippen MR) is 111 cm³/mol. The maximum Gasteiger partial charge on any atom is 0.341 e. The molecule has 1 aliphatic rings. The number of hydrogen-bond acceptors (Lipinski definition) is 6. The second-order valence-electron chi connectivity index (χ2n) is 7.93. The fourth-order valence-corrected chi connectivity index (χ4v) is 4.51. The van der Waals surface area contributed by atoms with Crippen LogP contribution in [0.4, 0.5) is 5.00 Å². The average Bonchev–Trinajstić information content (AvgIpc) is 3.12. The number of anilines is 1. The van der Waals surface area contributed by atoms with Crippen molar-refractivity contribution in [1.29, 1.82) is 0 Å². The molecule has 1 aromatic rings. The molecule has 0 aromatic carbocycles. The highest BCUT2D eigenvalue weighted by atomic mass is 32.1. The van der Waals surface area contributed by atoms with Gasteiger partial charge in [0.2, 0.25) is 11.8 Å². The Kier molecular flexibility index (Phi) is 7.60. The third kappa shape index (κ3) is 6.04. The van der Waals surface area contributed by atoms with Gasteiger partial charge in [-0.05, 0) is 59.1 Å². The van der Waals surface area contributed by atoms with Crippen LogP contribution in [0.5, 0.6) is 0 Å². The molecule has 0 radical (unpaired) electrons. The first kappa shape index (κ1) is 22.4. The summed E-state index contributed by atoms with van der Waals surface area (Å²) in [5, 5.41) is 6.33. The van der Waals surface area contributed by atoms with Crippen molar-refractivity contribution in [3.05, 3.63) is 16.0 Å². The normalized spacial score (nSPS) is 13.4. The SMILES string of the molecule is CCOC(=O)c1c(NC(=O)CN(CC)CC(=O)NC(C)(C)C)sc2c1CCC2. The number of carbonyl (C=O) groups excluding carboxylic acids is 3. The Morgan fingerprint density at radius 2 is 1.79 bits per heavy atom. The molecule has 0 atom stereocenters. The Hall–Kier alpha value is -1.93. The molecule has 1 aliphatic carbocycles. The zero-order valence-corrected chi connectivity index (χ0v) is 18.3. The Morgan fingerprint density at radius 1 is 1.11 bits per heavy atom. The zero-order chi connectivity index (χ0) is 20.9. The Labute approximate surface area is 170 Å². The van der Waals surface area contributed by atoms with Crippen LogP contribution in [0.3, 0.4) is 0 Å². The van der Waals surface area contributed by atoms with E-state index in [4.69, 9.17) is 4.74 Å². The van der Waals surface area contributed by atoms with E-state index in [1.54, 1.807) is 11.8 Å². The third-order valence-corrected chi connectivity index (χ3v) is 5.56. The smallest absolute Gasteiger partial charge is 0.341 e. The molecule has 0 spiro atoms. The topological polar surface area (TPSA) is 87.7 Å². The van der Waals surface area contributed by atoms with Gasteiger partial charge in [-0.1, -0.05) is 6.92 Å². The molecular weight excluding hydrogens is 378 g/mol. The molecule has 8 heteroatoms. The number of esters is 1. The van der Waals surface area contributed by atoms with E-state index in [9.17, 15) is 14.4 Å². The maximum atomic E-state index is 12.6. The molecule has 2 N–H and O–H groups in total. The molecule has 0 unspecified atom stereocenters. The lowest BCUT2D eigenvalue weighted by atomic mass is 10.1. The van der Waals surface area contributed by atoms with Crippen molar-refractivity contribution < 1.29 is 19.1 Å². The highest BCUT2D eigenvalue weighted by molar-refractivity contribution is 7.17. The summed E-state index contributed by atoms with van der Waals surface area (Å²) in [7, 11) is 0. The van der Waals surface area contributed by atoms with Gasteiger partial charge < -0.3 is 15.4 Å². The number of nitrogens with one attached hydrogen (secondary N) is 2. The highest BCUT2D eigenvalue weighted by Gasteiger charge is 2.28. The van der Waals surface area contributed by atoms with E-state index >= 15 is 0 Å². The molecule has 0 fully saturated rings. The minimum atomic E-state index is -0.380. The Bertz CT molecular complexity index is 737. The van der Waals surface area contributed by atoms with Crippen LogP contribution in [0, 0.1) is 0 Å². The van der Waals surface area contributed by atoms with E-state index in [1.807, 2.05) is 27.7 Å². The zero-order valence-electron chi connectivity index (χ0n) is 17.4. The van der Waals surface area contributed by atoms with Gasteiger partial charge in [-0.25, -0.2) is 4.79 Å². The van der Waals surface area contributed by atoms with Crippen molar-refractivity contribution in [2.75, 3.05) is 31.6 Å². The number of nitrogens with zero attached hydrogens (tertiary/aromatic N) is 1. The fraction of sp³-hybridized carbons (Fsp3) is 0.650. The fourth-order valence-electron chi connectivity index (χ4n) is 3.22. The van der Waals surface area contributed by atoms with Gasteiger partial charge in [-0.2, -0.15) is 0 Å². The van der Waals surface area contributed by atoms with Gasteiger partial charge >= 0.3 is 5.97 Å². The minimum absolute atomic E-state index is 0.0822. The van der Waals surface area contributed by atoms with Gasteiger partial charge in [0.1, 0.15) is 5.00 Å². The molecular formula is C20H31N3O4S. The quantitative estimate of drug-likeness (QED) is 0.645. The van der Waals surface area contributed by atoms with Crippen LogP contribution in [0.2, 0.25) is 0 Å². The van der Waals surface area contributed by atoms with Crippen molar-refractivity contribution in [1.82, 2.24) is 10.2 Å². The van der Waals surface area contributed by atoms with Crippen LogP contribution in [0.1, 0.15) is 61.8 Å². The van der Waals surface area contributed by atoms with Crippen molar-refractivity contribution in [3.8, 4) is 0 Å². The van der Waals surface area contributed by atoms with Crippen molar-refractivity contribution >= 4 is 34.1 Å². The van der Waals surface area contributed by atoms with E-state index in [1.165, 1.54) is 11.3 Å². The summed E-state index contributed by atoms with van der Waals surface area (Å²) in [5.74, 6) is -0.741. The van der Waals surface area contributed by atoms with Crippen LogP contribution in [0.15, 0.2) is 0 Å². The van der Waals surface area contributed by atoms with Crippen molar-refractivity contribution in [2.24, 2.45) is 0 Å². The molecule has 0 saturated heterocycles. The number of likely N-dealkylation sites (N-methyl/N-ethyl adjacent to an activating group) is 1. The summed E-state index contributed by atoms with van der Waals surface area (Å²) >= 11 is 1.46. The third-order valence-electron chi connectivity index (χ3n) is 4.35.